The lowest BCUT2D eigenvalue weighted by molar-refractivity contribution is 0.460. The molecule has 1 atom stereocenters. The van der Waals surface area contributed by atoms with Crippen LogP contribution in [0.3, 0.4) is 0 Å². The van der Waals surface area contributed by atoms with E-state index < -0.39 is 0 Å². The van der Waals surface area contributed by atoms with E-state index >= 15 is 0 Å². The largest absolute Gasteiger partial charge is 0.316 e. The Bertz CT molecular complexity index is 556. The Morgan fingerprint density at radius 1 is 1.32 bits per heavy atom. The maximum absolute atomic E-state index is 4.90. The summed E-state index contributed by atoms with van der Waals surface area (Å²) in [5.74, 6) is 0.599. The summed E-state index contributed by atoms with van der Waals surface area (Å²) >= 11 is 5.34. The molecule has 2 heterocycles. The van der Waals surface area contributed by atoms with Gasteiger partial charge in [0.2, 0.25) is 0 Å². The molecule has 2 aromatic rings. The molecule has 4 heteroatoms. The number of hydrogen-bond donors (Lipinski definition) is 1. The maximum Gasteiger partial charge on any atom is 0.0978 e. The van der Waals surface area contributed by atoms with Crippen molar-refractivity contribution in [3.8, 4) is 11.3 Å². The van der Waals surface area contributed by atoms with Crippen molar-refractivity contribution in [1.82, 2.24) is 10.3 Å². The van der Waals surface area contributed by atoms with Crippen molar-refractivity contribution in [2.75, 3.05) is 13.1 Å². The van der Waals surface area contributed by atoms with Crippen molar-refractivity contribution < 1.29 is 0 Å². The first-order valence-corrected chi connectivity index (χ1v) is 8.29. The number of nitrogens with zero attached hydrogens (tertiary/aromatic N) is 1. The van der Waals surface area contributed by atoms with Crippen LogP contribution in [0.25, 0.3) is 11.3 Å². The molecule has 1 aromatic carbocycles. The summed E-state index contributed by atoms with van der Waals surface area (Å²) in [5, 5.41) is 4.76. The smallest absolute Gasteiger partial charge is 0.0978 e. The molecule has 0 radical (unpaired) electrons. The van der Waals surface area contributed by atoms with Gasteiger partial charge in [-0.2, -0.15) is 0 Å². The van der Waals surface area contributed by atoms with Gasteiger partial charge in [0.05, 0.1) is 10.7 Å². The summed E-state index contributed by atoms with van der Waals surface area (Å²) < 4.78 is 1.11. The molecule has 100 valence electrons. The van der Waals surface area contributed by atoms with Gasteiger partial charge in [-0.3, -0.25) is 0 Å². The normalized spacial score (nSPS) is 19.6. The minimum Gasteiger partial charge on any atom is -0.316 e. The minimum absolute atomic E-state index is 0.599. The molecule has 1 saturated heterocycles. The predicted molar refractivity (Wildman–Crippen MR) is 84.8 cm³/mol. The fourth-order valence-corrected chi connectivity index (χ4v) is 3.87. The molecule has 1 aliphatic heterocycles. The third-order valence-electron chi connectivity index (χ3n) is 3.58. The van der Waals surface area contributed by atoms with E-state index in [2.05, 4.69) is 52.4 Å². The zero-order valence-electron chi connectivity index (χ0n) is 10.9. The number of piperidine rings is 1. The van der Waals surface area contributed by atoms with Crippen molar-refractivity contribution >= 4 is 27.3 Å². The van der Waals surface area contributed by atoms with Crippen LogP contribution in [-0.2, 0) is 0 Å². The molecule has 0 spiro atoms. The minimum atomic E-state index is 0.599. The standard InChI is InChI=1S/C15H17BrN2S/c1-10-14(11-4-6-13(16)7-5-11)18-15(19-10)12-3-2-8-17-9-12/h4-7,12,17H,2-3,8-9H2,1H3. The number of aromatic nitrogens is 1. The number of aryl methyl sites for hydroxylation is 1. The quantitative estimate of drug-likeness (QED) is 0.881. The first-order chi connectivity index (χ1) is 9.24. The van der Waals surface area contributed by atoms with Gasteiger partial charge in [-0.25, -0.2) is 4.98 Å². The Morgan fingerprint density at radius 2 is 2.11 bits per heavy atom. The molecule has 1 unspecified atom stereocenters. The second-order valence-corrected chi connectivity index (χ2v) is 7.16. The van der Waals surface area contributed by atoms with E-state index in [0.29, 0.717) is 5.92 Å². The van der Waals surface area contributed by atoms with Crippen molar-refractivity contribution in [3.05, 3.63) is 38.6 Å². The monoisotopic (exact) mass is 336 g/mol. The molecule has 1 N–H and O–H groups in total. The zero-order chi connectivity index (χ0) is 13.2. The molecule has 0 aliphatic carbocycles. The molecule has 2 nitrogen and oxygen atoms in total. The molecular weight excluding hydrogens is 320 g/mol. The van der Waals surface area contributed by atoms with Crippen LogP contribution in [-0.4, -0.2) is 18.1 Å². The van der Waals surface area contributed by atoms with Gasteiger partial charge in [-0.05, 0) is 38.4 Å². The van der Waals surface area contributed by atoms with Crippen molar-refractivity contribution in [3.63, 3.8) is 0 Å². The summed E-state index contributed by atoms with van der Waals surface area (Å²) in [6.45, 7) is 4.40. The lowest BCUT2D eigenvalue weighted by Gasteiger charge is -2.20. The number of rotatable bonds is 2. The van der Waals surface area contributed by atoms with Crippen LogP contribution in [0.15, 0.2) is 28.7 Å². The van der Waals surface area contributed by atoms with E-state index in [1.807, 2.05) is 11.3 Å². The van der Waals surface area contributed by atoms with Gasteiger partial charge >= 0.3 is 0 Å². The topological polar surface area (TPSA) is 24.9 Å². The summed E-state index contributed by atoms with van der Waals surface area (Å²) in [7, 11) is 0. The molecular formula is C15H17BrN2S. The van der Waals surface area contributed by atoms with Gasteiger partial charge in [0.25, 0.3) is 0 Å². The predicted octanol–water partition coefficient (Wildman–Crippen LogP) is 4.35. The average Bonchev–Trinajstić information content (AvgIpc) is 2.83. The molecule has 19 heavy (non-hydrogen) atoms. The van der Waals surface area contributed by atoms with Gasteiger partial charge in [0, 0.05) is 27.4 Å². The summed E-state index contributed by atoms with van der Waals surface area (Å²) in [5.41, 5.74) is 2.37. The van der Waals surface area contributed by atoms with Crippen LogP contribution in [0, 0.1) is 6.92 Å². The molecule has 1 aromatic heterocycles. The maximum atomic E-state index is 4.90. The highest BCUT2D eigenvalue weighted by Crippen LogP contribution is 2.34. The van der Waals surface area contributed by atoms with Crippen LogP contribution in [0.1, 0.15) is 28.6 Å². The Balaban J connectivity index is 1.90. The second-order valence-electron chi connectivity index (χ2n) is 5.01. The molecule has 0 amide bonds. The number of nitrogens with one attached hydrogen (secondary N) is 1. The molecule has 0 saturated carbocycles. The van der Waals surface area contributed by atoms with Gasteiger partial charge in [-0.1, -0.05) is 28.1 Å². The third-order valence-corrected chi connectivity index (χ3v) is 5.24. The van der Waals surface area contributed by atoms with Crippen LogP contribution < -0.4 is 5.32 Å². The summed E-state index contributed by atoms with van der Waals surface area (Å²) in [6.07, 6.45) is 2.52. The highest BCUT2D eigenvalue weighted by molar-refractivity contribution is 9.10. The van der Waals surface area contributed by atoms with Crippen molar-refractivity contribution in [1.29, 1.82) is 0 Å². The fraction of sp³-hybridized carbons (Fsp3) is 0.400. The Morgan fingerprint density at radius 3 is 2.79 bits per heavy atom. The third kappa shape index (κ3) is 2.91. The van der Waals surface area contributed by atoms with Crippen LogP contribution in [0.4, 0.5) is 0 Å². The zero-order valence-corrected chi connectivity index (χ0v) is 13.4. The first-order valence-electron chi connectivity index (χ1n) is 6.68. The van der Waals surface area contributed by atoms with Crippen molar-refractivity contribution in [2.45, 2.75) is 25.7 Å². The van der Waals surface area contributed by atoms with Crippen molar-refractivity contribution in [2.24, 2.45) is 0 Å². The van der Waals surface area contributed by atoms with Gasteiger partial charge in [-0.15, -0.1) is 11.3 Å². The molecule has 1 aliphatic rings. The van der Waals surface area contributed by atoms with Crippen LogP contribution in [0.2, 0.25) is 0 Å². The molecule has 3 rings (SSSR count). The number of thiazole rings is 1. The van der Waals surface area contributed by atoms with E-state index in [1.165, 1.54) is 28.3 Å². The van der Waals surface area contributed by atoms with Crippen LogP contribution in [0.5, 0.6) is 0 Å². The molecule has 1 fully saturated rings. The fourth-order valence-electron chi connectivity index (χ4n) is 2.53. The summed E-state index contributed by atoms with van der Waals surface area (Å²) in [4.78, 5) is 6.22. The van der Waals surface area contributed by atoms with E-state index in [9.17, 15) is 0 Å². The first kappa shape index (κ1) is 13.3. The highest BCUT2D eigenvalue weighted by atomic mass is 79.9. The lowest BCUT2D eigenvalue weighted by atomic mass is 10.0. The number of halogens is 1. The van der Waals surface area contributed by atoms with E-state index in [4.69, 9.17) is 4.98 Å². The van der Waals surface area contributed by atoms with Gasteiger partial charge in [0.1, 0.15) is 0 Å². The number of benzene rings is 1. The van der Waals surface area contributed by atoms with E-state index in [1.54, 1.807) is 0 Å². The Labute approximate surface area is 126 Å². The van der Waals surface area contributed by atoms with E-state index in [0.717, 1.165) is 23.3 Å². The average molecular weight is 337 g/mol. The Hall–Kier alpha value is -0.710. The summed E-state index contributed by atoms with van der Waals surface area (Å²) in [6, 6.07) is 8.43. The van der Waals surface area contributed by atoms with Gasteiger partial charge in [0.15, 0.2) is 0 Å². The highest BCUT2D eigenvalue weighted by Gasteiger charge is 2.20. The SMILES string of the molecule is Cc1sc(C2CCCNC2)nc1-c1ccc(Br)cc1. The Kier molecular flexibility index (Phi) is 4.01. The van der Waals surface area contributed by atoms with Gasteiger partial charge < -0.3 is 5.32 Å². The molecule has 0 bridgehead atoms. The number of hydrogen-bond acceptors (Lipinski definition) is 3. The van der Waals surface area contributed by atoms with Crippen LogP contribution >= 0.6 is 27.3 Å². The van der Waals surface area contributed by atoms with E-state index in [-0.39, 0.29) is 0 Å². The second kappa shape index (κ2) is 5.73. The lowest BCUT2D eigenvalue weighted by Crippen LogP contribution is -2.28.